The van der Waals surface area contributed by atoms with Gasteiger partial charge < -0.3 is 24.8 Å². The van der Waals surface area contributed by atoms with Crippen LogP contribution in [0.3, 0.4) is 0 Å². The van der Waals surface area contributed by atoms with Gasteiger partial charge in [0.15, 0.2) is 16.6 Å². The van der Waals surface area contributed by atoms with Crippen molar-refractivity contribution in [2.24, 2.45) is 0 Å². The van der Waals surface area contributed by atoms with Gasteiger partial charge in [0.2, 0.25) is 0 Å². The molecule has 2 N–H and O–H groups in total. The van der Waals surface area contributed by atoms with E-state index in [2.05, 4.69) is 10.6 Å². The second-order valence-electron chi connectivity index (χ2n) is 5.13. The Morgan fingerprint density at radius 2 is 1.74 bits per heavy atom. The number of methoxy groups -OCH3 is 3. The topological polar surface area (TPSA) is 112 Å². The quantitative estimate of drug-likeness (QED) is 0.332. The summed E-state index contributed by atoms with van der Waals surface area (Å²) in [5.74, 6) is 0.128. The highest BCUT2D eigenvalue weighted by Crippen LogP contribution is 2.34. The van der Waals surface area contributed by atoms with Gasteiger partial charge >= 0.3 is 5.97 Å². The lowest BCUT2D eigenvalue weighted by Crippen LogP contribution is -2.21. The summed E-state index contributed by atoms with van der Waals surface area (Å²) in [6.07, 6.45) is 0. The summed E-state index contributed by atoms with van der Waals surface area (Å²) in [5.41, 5.74) is 0.840. The molecule has 0 fully saturated rings. The number of carbonyl (C=O) groups excluding carboxylic acids is 1. The van der Waals surface area contributed by atoms with Gasteiger partial charge in [-0.3, -0.25) is 10.1 Å². The third-order valence-corrected chi connectivity index (χ3v) is 3.70. The summed E-state index contributed by atoms with van der Waals surface area (Å²) in [5, 5.41) is 16.7. The molecule has 0 aromatic heterocycles. The Balaban J connectivity index is 2.29. The van der Waals surface area contributed by atoms with Gasteiger partial charge in [-0.05, 0) is 18.3 Å². The molecule has 0 amide bonds. The minimum Gasteiger partial charge on any atom is -0.493 e. The third-order valence-electron chi connectivity index (χ3n) is 3.49. The molecular formula is C17H17N3O6S. The van der Waals surface area contributed by atoms with Crippen molar-refractivity contribution < 1.29 is 23.9 Å². The first-order valence-electron chi connectivity index (χ1n) is 7.56. The number of thiocarbonyl (C=S) groups is 1. The van der Waals surface area contributed by atoms with Gasteiger partial charge in [-0.15, -0.1) is 0 Å². The van der Waals surface area contributed by atoms with Crippen LogP contribution in [0.15, 0.2) is 36.4 Å². The Morgan fingerprint density at radius 1 is 1.07 bits per heavy atom. The van der Waals surface area contributed by atoms with E-state index in [-0.39, 0.29) is 16.4 Å². The van der Waals surface area contributed by atoms with E-state index in [0.717, 1.165) is 0 Å². The smallest absolute Gasteiger partial charge is 0.340 e. The number of hydrogen-bond acceptors (Lipinski definition) is 7. The Morgan fingerprint density at radius 3 is 2.33 bits per heavy atom. The normalized spacial score (nSPS) is 9.89. The highest BCUT2D eigenvalue weighted by Gasteiger charge is 2.18. The highest BCUT2D eigenvalue weighted by molar-refractivity contribution is 7.80. The molecule has 0 saturated heterocycles. The van der Waals surface area contributed by atoms with E-state index in [1.807, 2.05) is 0 Å². The Hall–Kier alpha value is -3.40. The van der Waals surface area contributed by atoms with Crippen molar-refractivity contribution in [2.75, 3.05) is 32.0 Å². The number of nitro benzene ring substituents is 1. The zero-order chi connectivity index (χ0) is 20.0. The minimum absolute atomic E-state index is 0.0795. The van der Waals surface area contributed by atoms with Crippen LogP contribution >= 0.6 is 12.2 Å². The molecule has 9 nitrogen and oxygen atoms in total. The number of benzene rings is 2. The Bertz CT molecular complexity index is 887. The molecular weight excluding hydrogens is 374 g/mol. The van der Waals surface area contributed by atoms with Crippen LogP contribution in [-0.2, 0) is 4.74 Å². The van der Waals surface area contributed by atoms with Gasteiger partial charge in [-0.25, -0.2) is 4.79 Å². The van der Waals surface area contributed by atoms with E-state index >= 15 is 0 Å². The molecule has 0 radical (unpaired) electrons. The zero-order valence-corrected chi connectivity index (χ0v) is 15.6. The van der Waals surface area contributed by atoms with Crippen molar-refractivity contribution in [2.45, 2.75) is 0 Å². The fraction of sp³-hybridized carbons (Fsp3) is 0.176. The first kappa shape index (κ1) is 19.9. The summed E-state index contributed by atoms with van der Waals surface area (Å²) < 4.78 is 15.2. The van der Waals surface area contributed by atoms with E-state index in [9.17, 15) is 14.9 Å². The molecule has 0 aliphatic rings. The molecule has 0 heterocycles. The van der Waals surface area contributed by atoms with Crippen LogP contribution in [-0.4, -0.2) is 37.3 Å². The van der Waals surface area contributed by atoms with Gasteiger partial charge in [0, 0.05) is 30.0 Å². The van der Waals surface area contributed by atoms with Crippen LogP contribution in [0.4, 0.5) is 17.1 Å². The summed E-state index contributed by atoms with van der Waals surface area (Å²) in [4.78, 5) is 22.4. The number of nitrogens with one attached hydrogen (secondary N) is 2. The SMILES string of the molecule is COC(=O)c1cc(OC)c(OC)cc1NC(=S)Nc1cccc([N+](=O)[O-])c1. The van der Waals surface area contributed by atoms with Crippen LogP contribution < -0.4 is 20.1 Å². The first-order chi connectivity index (χ1) is 12.9. The lowest BCUT2D eigenvalue weighted by molar-refractivity contribution is -0.384. The lowest BCUT2D eigenvalue weighted by Gasteiger charge is -2.16. The maximum atomic E-state index is 12.1. The molecule has 0 unspecified atom stereocenters. The largest absolute Gasteiger partial charge is 0.493 e. The molecule has 0 aliphatic carbocycles. The molecule has 0 atom stereocenters. The fourth-order valence-corrected chi connectivity index (χ4v) is 2.47. The van der Waals surface area contributed by atoms with Gasteiger partial charge in [0.25, 0.3) is 5.69 Å². The van der Waals surface area contributed by atoms with Crippen molar-refractivity contribution in [3.8, 4) is 11.5 Å². The predicted molar refractivity (Wildman–Crippen MR) is 104 cm³/mol. The summed E-state index contributed by atoms with van der Waals surface area (Å²) in [7, 11) is 4.15. The number of esters is 1. The minimum atomic E-state index is -0.600. The van der Waals surface area contributed by atoms with E-state index in [0.29, 0.717) is 22.9 Å². The monoisotopic (exact) mass is 391 g/mol. The van der Waals surface area contributed by atoms with Crippen molar-refractivity contribution >= 4 is 40.4 Å². The van der Waals surface area contributed by atoms with Crippen LogP contribution in [0.1, 0.15) is 10.4 Å². The van der Waals surface area contributed by atoms with E-state index in [1.54, 1.807) is 6.07 Å². The van der Waals surface area contributed by atoms with Gasteiger partial charge in [0.05, 0.1) is 37.5 Å². The summed E-state index contributed by atoms with van der Waals surface area (Å²) >= 11 is 5.23. The number of carbonyl (C=O) groups is 1. The molecule has 10 heteroatoms. The van der Waals surface area contributed by atoms with Crippen molar-refractivity contribution in [1.29, 1.82) is 0 Å². The Kier molecular flexibility index (Phi) is 6.50. The van der Waals surface area contributed by atoms with Crippen molar-refractivity contribution in [1.82, 2.24) is 0 Å². The number of non-ortho nitro benzene ring substituents is 1. The molecule has 27 heavy (non-hydrogen) atoms. The molecule has 142 valence electrons. The molecule has 0 aliphatic heterocycles. The number of nitro groups is 1. The Labute approximate surface area is 160 Å². The maximum absolute atomic E-state index is 12.1. The van der Waals surface area contributed by atoms with Crippen LogP contribution in [0.5, 0.6) is 11.5 Å². The molecule has 0 saturated carbocycles. The lowest BCUT2D eigenvalue weighted by atomic mass is 10.1. The molecule has 2 rings (SSSR count). The van der Waals surface area contributed by atoms with Crippen molar-refractivity contribution in [3.05, 3.63) is 52.1 Å². The zero-order valence-electron chi connectivity index (χ0n) is 14.8. The molecule has 2 aromatic carbocycles. The van der Waals surface area contributed by atoms with E-state index < -0.39 is 10.9 Å². The second kappa shape index (κ2) is 8.81. The van der Waals surface area contributed by atoms with E-state index in [4.69, 9.17) is 26.4 Å². The molecule has 0 spiro atoms. The third kappa shape index (κ3) is 4.82. The first-order valence-corrected chi connectivity index (χ1v) is 7.97. The summed E-state index contributed by atoms with van der Waals surface area (Å²) in [6, 6.07) is 8.85. The number of rotatable bonds is 6. The predicted octanol–water partition coefficient (Wildman–Crippen LogP) is 3.21. The molecule has 2 aromatic rings. The van der Waals surface area contributed by atoms with Crippen LogP contribution in [0, 0.1) is 10.1 Å². The van der Waals surface area contributed by atoms with Crippen LogP contribution in [0.25, 0.3) is 0 Å². The number of hydrogen-bond donors (Lipinski definition) is 2. The number of ether oxygens (including phenoxy) is 3. The van der Waals surface area contributed by atoms with Gasteiger partial charge in [-0.1, -0.05) is 6.07 Å². The van der Waals surface area contributed by atoms with Crippen molar-refractivity contribution in [3.63, 3.8) is 0 Å². The van der Waals surface area contributed by atoms with Gasteiger partial charge in [0.1, 0.15) is 0 Å². The van der Waals surface area contributed by atoms with E-state index in [1.165, 1.54) is 51.7 Å². The average molecular weight is 391 g/mol. The highest BCUT2D eigenvalue weighted by atomic mass is 32.1. The second-order valence-corrected chi connectivity index (χ2v) is 5.54. The molecule has 0 bridgehead atoms. The van der Waals surface area contributed by atoms with Crippen LogP contribution in [0.2, 0.25) is 0 Å². The maximum Gasteiger partial charge on any atom is 0.340 e. The standard InChI is InChI=1S/C17H17N3O6S/c1-24-14-8-12(16(21)26-3)13(9-15(14)25-2)19-17(27)18-10-5-4-6-11(7-10)20(22)23/h4-9H,1-3H3,(H2,18,19,27). The number of anilines is 2. The fourth-order valence-electron chi connectivity index (χ4n) is 2.24. The number of nitrogens with zero attached hydrogens (tertiary/aromatic N) is 1. The summed E-state index contributed by atoms with van der Waals surface area (Å²) in [6.45, 7) is 0. The average Bonchev–Trinajstić information content (AvgIpc) is 2.66. The van der Waals surface area contributed by atoms with Gasteiger partial charge in [-0.2, -0.15) is 0 Å².